The summed E-state index contributed by atoms with van der Waals surface area (Å²) < 4.78 is 43.7. The molecule has 0 fully saturated rings. The molecule has 8 heteroatoms. The van der Waals surface area contributed by atoms with E-state index in [4.69, 9.17) is 10.5 Å². The number of carbonyl (C=O) groups is 2. The molecule has 0 spiro atoms. The monoisotopic (exact) mass is 442 g/mol. The predicted molar refractivity (Wildman–Crippen MR) is 113 cm³/mol. The van der Waals surface area contributed by atoms with Crippen molar-refractivity contribution in [2.75, 3.05) is 0 Å². The second kappa shape index (κ2) is 10.00. The minimum Gasteiger partial charge on any atom is -0.489 e. The van der Waals surface area contributed by atoms with E-state index in [-0.39, 0.29) is 12.0 Å². The molecule has 0 unspecified atom stereocenters. The van der Waals surface area contributed by atoms with Gasteiger partial charge < -0.3 is 15.8 Å². The number of ether oxygens (including phenoxy) is 1. The maximum atomic E-state index is 12.7. The average molecular weight is 442 g/mol. The third-order valence-electron chi connectivity index (χ3n) is 4.73. The van der Waals surface area contributed by atoms with Gasteiger partial charge in [0, 0.05) is 12.0 Å². The Morgan fingerprint density at radius 1 is 0.875 bits per heavy atom. The fourth-order valence-corrected chi connectivity index (χ4v) is 2.97. The Kier molecular flexibility index (Phi) is 7.14. The average Bonchev–Trinajstić information content (AvgIpc) is 2.78. The molecule has 0 heterocycles. The lowest BCUT2D eigenvalue weighted by atomic mass is 10.0. The molecule has 3 N–H and O–H groups in total. The Labute approximate surface area is 183 Å². The number of hydrogen-bond donors (Lipinski definition) is 2. The topological polar surface area (TPSA) is 81.4 Å². The molecule has 0 aromatic heterocycles. The molecule has 1 atom stereocenters. The van der Waals surface area contributed by atoms with Crippen molar-refractivity contribution in [2.45, 2.75) is 25.2 Å². The molecule has 0 aliphatic carbocycles. The molecular weight excluding hydrogens is 421 g/mol. The molecule has 0 saturated carbocycles. The Bertz CT molecular complexity index is 1050. The van der Waals surface area contributed by atoms with Crippen molar-refractivity contribution in [1.82, 2.24) is 5.32 Å². The number of primary amides is 1. The fraction of sp³-hybridized carbons (Fsp3) is 0.167. The van der Waals surface area contributed by atoms with Crippen LogP contribution in [0.3, 0.4) is 0 Å². The van der Waals surface area contributed by atoms with Gasteiger partial charge in [-0.3, -0.25) is 9.59 Å². The molecule has 3 rings (SSSR count). The normalized spacial score (nSPS) is 12.1. The summed E-state index contributed by atoms with van der Waals surface area (Å²) in [6, 6.07) is 19.3. The highest BCUT2D eigenvalue weighted by molar-refractivity contribution is 5.97. The lowest BCUT2D eigenvalue weighted by molar-refractivity contribution is -0.137. The largest absolute Gasteiger partial charge is 0.489 e. The molecule has 0 aliphatic heterocycles. The van der Waals surface area contributed by atoms with Gasteiger partial charge in [0.1, 0.15) is 18.4 Å². The SMILES string of the molecule is NC(=O)[C@H](Cc1ccc(OCc2ccccc2)cc1)NC(=O)c1ccc(C(F)(F)F)cc1. The van der Waals surface area contributed by atoms with Crippen LogP contribution in [0.25, 0.3) is 0 Å². The number of alkyl halides is 3. The van der Waals surface area contributed by atoms with E-state index >= 15 is 0 Å². The minimum absolute atomic E-state index is 0.00564. The van der Waals surface area contributed by atoms with Gasteiger partial charge >= 0.3 is 6.18 Å². The summed E-state index contributed by atoms with van der Waals surface area (Å²) in [5, 5.41) is 2.47. The maximum absolute atomic E-state index is 12.7. The van der Waals surface area contributed by atoms with E-state index in [0.29, 0.717) is 12.4 Å². The van der Waals surface area contributed by atoms with E-state index in [1.165, 1.54) is 0 Å². The standard InChI is InChI=1S/C24H21F3N2O3/c25-24(26,27)19-10-8-18(9-11-19)23(31)29-21(22(28)30)14-16-6-12-20(13-7-16)32-15-17-4-2-1-3-5-17/h1-13,21H,14-15H2,(H2,28,30)(H,29,31)/t21-/m0/s1. The van der Waals surface area contributed by atoms with Crippen LogP contribution in [0.15, 0.2) is 78.9 Å². The molecule has 0 saturated heterocycles. The molecular formula is C24H21F3N2O3. The van der Waals surface area contributed by atoms with Crippen molar-refractivity contribution >= 4 is 11.8 Å². The summed E-state index contributed by atoms with van der Waals surface area (Å²) in [5.74, 6) is -0.804. The van der Waals surface area contributed by atoms with Crippen molar-refractivity contribution in [3.8, 4) is 5.75 Å². The van der Waals surface area contributed by atoms with E-state index in [1.807, 2.05) is 30.3 Å². The first-order valence-electron chi connectivity index (χ1n) is 9.75. The van der Waals surface area contributed by atoms with E-state index in [0.717, 1.165) is 35.4 Å². The summed E-state index contributed by atoms with van der Waals surface area (Å²) in [6.45, 7) is 0.410. The van der Waals surface area contributed by atoms with Gasteiger partial charge in [0.25, 0.3) is 5.91 Å². The van der Waals surface area contributed by atoms with Gasteiger partial charge in [-0.1, -0.05) is 42.5 Å². The number of rotatable bonds is 8. The number of halogens is 3. The van der Waals surface area contributed by atoms with Crippen LogP contribution in [0, 0.1) is 0 Å². The molecule has 32 heavy (non-hydrogen) atoms. The van der Waals surface area contributed by atoms with Gasteiger partial charge in [-0.2, -0.15) is 13.2 Å². The van der Waals surface area contributed by atoms with Crippen molar-refractivity contribution in [2.24, 2.45) is 5.73 Å². The lowest BCUT2D eigenvalue weighted by Crippen LogP contribution is -2.45. The first-order chi connectivity index (χ1) is 15.2. The molecule has 0 aliphatic rings. The van der Waals surface area contributed by atoms with Crippen LogP contribution < -0.4 is 15.8 Å². The molecule has 0 bridgehead atoms. The van der Waals surface area contributed by atoms with Gasteiger partial charge in [-0.05, 0) is 47.5 Å². The van der Waals surface area contributed by atoms with E-state index in [1.54, 1.807) is 24.3 Å². The Hall–Kier alpha value is -3.81. The molecule has 2 amide bonds. The smallest absolute Gasteiger partial charge is 0.416 e. The fourth-order valence-electron chi connectivity index (χ4n) is 2.97. The van der Waals surface area contributed by atoms with Crippen LogP contribution in [-0.2, 0) is 24.0 Å². The highest BCUT2D eigenvalue weighted by atomic mass is 19.4. The quantitative estimate of drug-likeness (QED) is 0.551. The summed E-state index contributed by atoms with van der Waals surface area (Å²) in [6.07, 6.45) is -4.37. The zero-order chi connectivity index (χ0) is 23.1. The lowest BCUT2D eigenvalue weighted by Gasteiger charge is -2.16. The van der Waals surface area contributed by atoms with Crippen molar-refractivity contribution in [3.63, 3.8) is 0 Å². The summed E-state index contributed by atoms with van der Waals surface area (Å²) >= 11 is 0. The highest BCUT2D eigenvalue weighted by Crippen LogP contribution is 2.29. The third-order valence-corrected chi connectivity index (χ3v) is 4.73. The molecule has 5 nitrogen and oxygen atoms in total. The highest BCUT2D eigenvalue weighted by Gasteiger charge is 2.30. The minimum atomic E-state index is -4.50. The van der Waals surface area contributed by atoms with Crippen molar-refractivity contribution in [1.29, 1.82) is 0 Å². The maximum Gasteiger partial charge on any atom is 0.416 e. The predicted octanol–water partition coefficient (Wildman–Crippen LogP) is 4.11. The van der Waals surface area contributed by atoms with Crippen LogP contribution in [0.2, 0.25) is 0 Å². The zero-order valence-corrected chi connectivity index (χ0v) is 16.9. The van der Waals surface area contributed by atoms with Gasteiger partial charge in [-0.25, -0.2) is 0 Å². The zero-order valence-electron chi connectivity index (χ0n) is 16.9. The summed E-state index contributed by atoms with van der Waals surface area (Å²) in [4.78, 5) is 24.2. The van der Waals surface area contributed by atoms with Crippen LogP contribution in [0.1, 0.15) is 27.0 Å². The second-order valence-corrected chi connectivity index (χ2v) is 7.13. The number of benzene rings is 3. The van der Waals surface area contributed by atoms with E-state index < -0.39 is 29.6 Å². The van der Waals surface area contributed by atoms with Crippen LogP contribution >= 0.6 is 0 Å². The number of nitrogens with two attached hydrogens (primary N) is 1. The van der Waals surface area contributed by atoms with E-state index in [9.17, 15) is 22.8 Å². The van der Waals surface area contributed by atoms with Crippen molar-refractivity contribution < 1.29 is 27.5 Å². The van der Waals surface area contributed by atoms with Gasteiger partial charge in [0.15, 0.2) is 0 Å². The first-order valence-corrected chi connectivity index (χ1v) is 9.75. The molecule has 3 aromatic carbocycles. The van der Waals surface area contributed by atoms with Crippen molar-refractivity contribution in [3.05, 3.63) is 101 Å². The van der Waals surface area contributed by atoms with Gasteiger partial charge in [0.05, 0.1) is 5.56 Å². The number of nitrogens with one attached hydrogen (secondary N) is 1. The van der Waals surface area contributed by atoms with Crippen LogP contribution in [-0.4, -0.2) is 17.9 Å². The summed E-state index contributed by atoms with van der Waals surface area (Å²) in [5.41, 5.74) is 6.29. The number of amides is 2. The molecule has 3 aromatic rings. The molecule has 0 radical (unpaired) electrons. The second-order valence-electron chi connectivity index (χ2n) is 7.13. The Morgan fingerprint density at radius 3 is 2.06 bits per heavy atom. The van der Waals surface area contributed by atoms with Crippen LogP contribution in [0.4, 0.5) is 13.2 Å². The van der Waals surface area contributed by atoms with E-state index in [2.05, 4.69) is 5.32 Å². The number of carbonyl (C=O) groups excluding carboxylic acids is 2. The first kappa shape index (κ1) is 22.9. The summed E-state index contributed by atoms with van der Waals surface area (Å²) in [7, 11) is 0. The Morgan fingerprint density at radius 2 is 1.50 bits per heavy atom. The molecule has 166 valence electrons. The third kappa shape index (κ3) is 6.34. The van der Waals surface area contributed by atoms with Gasteiger partial charge in [-0.15, -0.1) is 0 Å². The Balaban J connectivity index is 1.60. The number of hydrogen-bond acceptors (Lipinski definition) is 3. The van der Waals surface area contributed by atoms with Crippen LogP contribution in [0.5, 0.6) is 5.75 Å². The van der Waals surface area contributed by atoms with Gasteiger partial charge in [0.2, 0.25) is 5.91 Å².